The molecule has 1 aromatic heterocycles. The molecule has 1 aromatic rings. The van der Waals surface area contributed by atoms with Gasteiger partial charge in [-0.25, -0.2) is 0 Å². The highest BCUT2D eigenvalue weighted by atomic mass is 32.1. The van der Waals surface area contributed by atoms with Crippen molar-refractivity contribution < 1.29 is 4.74 Å². The molecule has 0 fully saturated rings. The molecule has 0 aromatic carbocycles. The average Bonchev–Trinajstić information content (AvgIpc) is 2.45. The normalized spacial score (nSPS) is 12.9. The molecule has 0 N–H and O–H groups in total. The number of nitrogens with zero attached hydrogens (tertiary/aromatic N) is 2. The molecule has 86 valence electrons. The van der Waals surface area contributed by atoms with Crippen molar-refractivity contribution in [3.63, 3.8) is 0 Å². The lowest BCUT2D eigenvalue weighted by Crippen LogP contribution is -2.20. The summed E-state index contributed by atoms with van der Waals surface area (Å²) in [5, 5.41) is 4.30. The lowest BCUT2D eigenvalue weighted by Gasteiger charge is -2.19. The fourth-order valence-electron chi connectivity index (χ4n) is 0.979. The van der Waals surface area contributed by atoms with Gasteiger partial charge in [0.05, 0.1) is 11.5 Å². The van der Waals surface area contributed by atoms with E-state index in [1.54, 1.807) is 4.68 Å². The van der Waals surface area contributed by atoms with Crippen LogP contribution in [-0.4, -0.2) is 16.4 Å². The smallest absolute Gasteiger partial charge is 0.232 e. The van der Waals surface area contributed by atoms with Gasteiger partial charge in [0.25, 0.3) is 0 Å². The molecule has 0 amide bonds. The van der Waals surface area contributed by atoms with E-state index in [0.29, 0.717) is 12.5 Å². The Labute approximate surface area is 97.2 Å². The van der Waals surface area contributed by atoms with Gasteiger partial charge < -0.3 is 4.74 Å². The fourth-order valence-corrected chi connectivity index (χ4v) is 1.09. The SMILES string of the molecule is CC(C)(C)COc1ccn(C(C)(C)S)n1. The Morgan fingerprint density at radius 3 is 2.33 bits per heavy atom. The lowest BCUT2D eigenvalue weighted by atomic mass is 9.99. The first-order valence-electron chi connectivity index (χ1n) is 5.10. The highest BCUT2D eigenvalue weighted by molar-refractivity contribution is 7.81. The van der Waals surface area contributed by atoms with Crippen LogP contribution in [0.5, 0.6) is 5.88 Å². The van der Waals surface area contributed by atoms with Gasteiger partial charge in [0, 0.05) is 12.3 Å². The van der Waals surface area contributed by atoms with Crippen molar-refractivity contribution >= 4 is 12.6 Å². The van der Waals surface area contributed by atoms with Crippen LogP contribution in [-0.2, 0) is 4.87 Å². The summed E-state index contributed by atoms with van der Waals surface area (Å²) in [7, 11) is 0. The van der Waals surface area contributed by atoms with Crippen molar-refractivity contribution in [3.05, 3.63) is 12.3 Å². The summed E-state index contributed by atoms with van der Waals surface area (Å²) >= 11 is 4.43. The van der Waals surface area contributed by atoms with E-state index in [2.05, 4.69) is 38.5 Å². The van der Waals surface area contributed by atoms with Crippen LogP contribution in [0.3, 0.4) is 0 Å². The molecule has 0 unspecified atom stereocenters. The molecule has 0 radical (unpaired) electrons. The minimum atomic E-state index is -0.288. The zero-order chi connectivity index (χ0) is 11.7. The molecule has 4 heteroatoms. The van der Waals surface area contributed by atoms with Crippen LogP contribution in [0.25, 0.3) is 0 Å². The van der Waals surface area contributed by atoms with Crippen LogP contribution >= 0.6 is 12.6 Å². The molecule has 0 spiro atoms. The van der Waals surface area contributed by atoms with Crippen molar-refractivity contribution in [2.75, 3.05) is 6.61 Å². The minimum Gasteiger partial charge on any atom is -0.476 e. The summed E-state index contributed by atoms with van der Waals surface area (Å²) in [6.07, 6.45) is 1.88. The molecule has 0 saturated heterocycles. The Morgan fingerprint density at radius 2 is 1.93 bits per heavy atom. The molecule has 1 rings (SSSR count). The molecule has 0 aliphatic heterocycles. The van der Waals surface area contributed by atoms with E-state index < -0.39 is 0 Å². The monoisotopic (exact) mass is 228 g/mol. The maximum Gasteiger partial charge on any atom is 0.232 e. The first-order chi connectivity index (χ1) is 6.68. The molecular weight excluding hydrogens is 208 g/mol. The molecule has 0 aliphatic carbocycles. The van der Waals surface area contributed by atoms with Gasteiger partial charge in [-0.3, -0.25) is 4.68 Å². The van der Waals surface area contributed by atoms with Crippen LogP contribution in [0.2, 0.25) is 0 Å². The Bertz CT molecular complexity index is 320. The fraction of sp³-hybridized carbons (Fsp3) is 0.727. The van der Waals surface area contributed by atoms with E-state index in [-0.39, 0.29) is 10.3 Å². The second-order valence-electron chi connectivity index (χ2n) is 5.44. The third kappa shape index (κ3) is 4.16. The van der Waals surface area contributed by atoms with E-state index in [9.17, 15) is 0 Å². The summed E-state index contributed by atoms with van der Waals surface area (Å²) < 4.78 is 7.37. The Morgan fingerprint density at radius 1 is 1.33 bits per heavy atom. The molecule has 0 aliphatic rings. The van der Waals surface area contributed by atoms with Crippen LogP contribution in [0, 0.1) is 5.41 Å². The lowest BCUT2D eigenvalue weighted by molar-refractivity contribution is 0.189. The molecular formula is C11H20N2OS. The van der Waals surface area contributed by atoms with E-state index >= 15 is 0 Å². The number of hydrogen-bond acceptors (Lipinski definition) is 3. The zero-order valence-electron chi connectivity index (χ0n) is 10.1. The zero-order valence-corrected chi connectivity index (χ0v) is 11.0. The predicted molar refractivity (Wildman–Crippen MR) is 65.5 cm³/mol. The first kappa shape index (κ1) is 12.4. The van der Waals surface area contributed by atoms with Crippen molar-refractivity contribution in [2.24, 2.45) is 5.41 Å². The minimum absolute atomic E-state index is 0.153. The second-order valence-corrected chi connectivity index (χ2v) is 6.54. The van der Waals surface area contributed by atoms with Crippen LogP contribution in [0.15, 0.2) is 12.3 Å². The van der Waals surface area contributed by atoms with Crippen molar-refractivity contribution in [1.82, 2.24) is 9.78 Å². The molecule has 1 heterocycles. The van der Waals surface area contributed by atoms with E-state index in [1.807, 2.05) is 26.1 Å². The Hall–Kier alpha value is -0.640. The largest absolute Gasteiger partial charge is 0.476 e. The summed E-state index contributed by atoms with van der Waals surface area (Å²) in [4.78, 5) is -0.288. The highest BCUT2D eigenvalue weighted by Gasteiger charge is 2.17. The Balaban J connectivity index is 2.62. The predicted octanol–water partition coefficient (Wildman–Crippen LogP) is 2.93. The molecule has 0 atom stereocenters. The van der Waals surface area contributed by atoms with Gasteiger partial charge in [-0.1, -0.05) is 20.8 Å². The summed E-state index contributed by atoms with van der Waals surface area (Å²) in [5.41, 5.74) is 0.153. The van der Waals surface area contributed by atoms with Crippen molar-refractivity contribution in [2.45, 2.75) is 39.5 Å². The summed E-state index contributed by atoms with van der Waals surface area (Å²) in [5.74, 6) is 0.659. The third-order valence-electron chi connectivity index (χ3n) is 1.78. The van der Waals surface area contributed by atoms with Crippen LogP contribution in [0.4, 0.5) is 0 Å². The Kier molecular flexibility index (Phi) is 3.38. The molecule has 3 nitrogen and oxygen atoms in total. The van der Waals surface area contributed by atoms with Gasteiger partial charge in [-0.2, -0.15) is 0 Å². The molecule has 0 bridgehead atoms. The van der Waals surface area contributed by atoms with Crippen LogP contribution < -0.4 is 4.74 Å². The van der Waals surface area contributed by atoms with Crippen LogP contribution in [0.1, 0.15) is 34.6 Å². The van der Waals surface area contributed by atoms with Gasteiger partial charge in [0.1, 0.15) is 0 Å². The summed E-state index contributed by atoms with van der Waals surface area (Å²) in [6, 6.07) is 1.86. The first-order valence-corrected chi connectivity index (χ1v) is 5.54. The van der Waals surface area contributed by atoms with Gasteiger partial charge in [0.2, 0.25) is 5.88 Å². The summed E-state index contributed by atoms with van der Waals surface area (Å²) in [6.45, 7) is 11.0. The maximum absolute atomic E-state index is 5.58. The number of hydrogen-bond donors (Lipinski definition) is 1. The molecule has 15 heavy (non-hydrogen) atoms. The van der Waals surface area contributed by atoms with Crippen molar-refractivity contribution in [3.8, 4) is 5.88 Å². The van der Waals surface area contributed by atoms with Gasteiger partial charge in [-0.15, -0.1) is 17.7 Å². The number of ether oxygens (including phenoxy) is 1. The highest BCUT2D eigenvalue weighted by Crippen LogP contribution is 2.21. The van der Waals surface area contributed by atoms with Gasteiger partial charge in [-0.05, 0) is 19.3 Å². The number of rotatable bonds is 3. The number of aromatic nitrogens is 2. The van der Waals surface area contributed by atoms with Gasteiger partial charge in [0.15, 0.2) is 0 Å². The molecule has 0 saturated carbocycles. The van der Waals surface area contributed by atoms with Crippen molar-refractivity contribution in [1.29, 1.82) is 0 Å². The standard InChI is InChI=1S/C11H20N2OS/c1-10(2,3)8-14-9-6-7-13(12-9)11(4,5)15/h6-7,15H,8H2,1-5H3. The maximum atomic E-state index is 5.58. The number of thiol groups is 1. The second kappa shape index (κ2) is 4.08. The average molecular weight is 228 g/mol. The quantitative estimate of drug-likeness (QED) is 0.805. The van der Waals surface area contributed by atoms with E-state index in [4.69, 9.17) is 4.74 Å². The van der Waals surface area contributed by atoms with Gasteiger partial charge >= 0.3 is 0 Å². The van der Waals surface area contributed by atoms with E-state index in [0.717, 1.165) is 0 Å². The van der Waals surface area contributed by atoms with E-state index in [1.165, 1.54) is 0 Å². The third-order valence-corrected chi connectivity index (χ3v) is 1.98. The topological polar surface area (TPSA) is 27.1 Å².